The van der Waals surface area contributed by atoms with Crippen LogP contribution in [0, 0.1) is 0 Å². The topological polar surface area (TPSA) is 44.1 Å². The molecule has 0 saturated heterocycles. The molecule has 0 N–H and O–H groups in total. The number of benzene rings is 1. The third kappa shape index (κ3) is 2.86. The van der Waals surface area contributed by atoms with E-state index in [4.69, 9.17) is 39.5 Å². The van der Waals surface area contributed by atoms with E-state index in [2.05, 4.69) is 5.10 Å². The molecular weight excluding hydrogens is 311 g/mol. The van der Waals surface area contributed by atoms with Crippen molar-refractivity contribution in [3.63, 3.8) is 0 Å². The van der Waals surface area contributed by atoms with Gasteiger partial charge in [-0.15, -0.1) is 0 Å². The summed E-state index contributed by atoms with van der Waals surface area (Å²) in [7, 11) is 0. The van der Waals surface area contributed by atoms with Gasteiger partial charge in [0.15, 0.2) is 0 Å². The van der Waals surface area contributed by atoms with Gasteiger partial charge in [-0.1, -0.05) is 34.8 Å². The van der Waals surface area contributed by atoms with Crippen LogP contribution in [-0.2, 0) is 4.74 Å². The van der Waals surface area contributed by atoms with E-state index in [1.807, 2.05) is 0 Å². The molecule has 0 unspecified atom stereocenters. The first-order valence-electron chi connectivity index (χ1n) is 5.40. The van der Waals surface area contributed by atoms with Crippen LogP contribution in [0.15, 0.2) is 24.4 Å². The Morgan fingerprint density at radius 2 is 2.11 bits per heavy atom. The van der Waals surface area contributed by atoms with Crippen molar-refractivity contribution in [1.29, 1.82) is 0 Å². The fraction of sp³-hybridized carbons (Fsp3) is 0.167. The zero-order valence-electron chi connectivity index (χ0n) is 9.86. The third-order valence-electron chi connectivity index (χ3n) is 2.34. The van der Waals surface area contributed by atoms with E-state index in [-0.39, 0.29) is 17.3 Å². The highest BCUT2D eigenvalue weighted by atomic mass is 35.5. The van der Waals surface area contributed by atoms with Gasteiger partial charge >= 0.3 is 5.97 Å². The first kappa shape index (κ1) is 14.2. The van der Waals surface area contributed by atoms with Crippen LogP contribution in [0.3, 0.4) is 0 Å². The average molecular weight is 320 g/mol. The van der Waals surface area contributed by atoms with Crippen LogP contribution in [0.2, 0.25) is 15.2 Å². The van der Waals surface area contributed by atoms with E-state index in [1.54, 1.807) is 25.1 Å². The second-order valence-corrected chi connectivity index (χ2v) is 4.78. The van der Waals surface area contributed by atoms with Gasteiger partial charge < -0.3 is 4.74 Å². The minimum absolute atomic E-state index is 0.141. The van der Waals surface area contributed by atoms with Gasteiger partial charge in [0, 0.05) is 5.02 Å². The van der Waals surface area contributed by atoms with Gasteiger partial charge in [-0.05, 0) is 25.1 Å². The lowest BCUT2D eigenvalue weighted by Crippen LogP contribution is -2.05. The Hall–Kier alpha value is -1.23. The summed E-state index contributed by atoms with van der Waals surface area (Å²) in [6, 6.07) is 4.89. The molecule has 0 aliphatic carbocycles. The smallest absolute Gasteiger partial charge is 0.342 e. The van der Waals surface area contributed by atoms with Gasteiger partial charge in [0.25, 0.3) is 0 Å². The fourth-order valence-corrected chi connectivity index (χ4v) is 2.25. The monoisotopic (exact) mass is 318 g/mol. The quantitative estimate of drug-likeness (QED) is 0.803. The molecule has 7 heteroatoms. The number of carbonyl (C=O) groups excluding carboxylic acids is 1. The summed E-state index contributed by atoms with van der Waals surface area (Å²) in [5.41, 5.74) is 0.723. The van der Waals surface area contributed by atoms with E-state index in [9.17, 15) is 4.79 Å². The average Bonchev–Trinajstić information content (AvgIpc) is 2.72. The van der Waals surface area contributed by atoms with Crippen molar-refractivity contribution < 1.29 is 9.53 Å². The Morgan fingerprint density at radius 1 is 1.37 bits per heavy atom. The van der Waals surface area contributed by atoms with Crippen LogP contribution in [0.25, 0.3) is 5.69 Å². The molecule has 0 fully saturated rings. The van der Waals surface area contributed by atoms with Crippen LogP contribution < -0.4 is 0 Å². The van der Waals surface area contributed by atoms with Crippen molar-refractivity contribution in [3.05, 3.63) is 45.2 Å². The van der Waals surface area contributed by atoms with E-state index in [1.165, 1.54) is 10.9 Å². The van der Waals surface area contributed by atoms with Gasteiger partial charge in [0.1, 0.15) is 10.7 Å². The molecule has 0 amide bonds. The van der Waals surface area contributed by atoms with E-state index in [0.29, 0.717) is 15.7 Å². The highest BCUT2D eigenvalue weighted by Gasteiger charge is 2.19. The molecule has 0 bridgehead atoms. The van der Waals surface area contributed by atoms with Crippen molar-refractivity contribution in [2.45, 2.75) is 6.92 Å². The molecule has 2 rings (SSSR count). The summed E-state index contributed by atoms with van der Waals surface area (Å²) in [6.45, 7) is 1.98. The zero-order chi connectivity index (χ0) is 14.0. The molecule has 0 radical (unpaired) electrons. The van der Waals surface area contributed by atoms with Crippen molar-refractivity contribution in [2.24, 2.45) is 0 Å². The lowest BCUT2D eigenvalue weighted by Gasteiger charge is -2.06. The van der Waals surface area contributed by atoms with Crippen LogP contribution in [0.5, 0.6) is 0 Å². The largest absolute Gasteiger partial charge is 0.462 e. The molecule has 0 atom stereocenters. The summed E-state index contributed by atoms with van der Waals surface area (Å²) in [6.07, 6.45) is 1.34. The van der Waals surface area contributed by atoms with Crippen LogP contribution in [-0.4, -0.2) is 22.4 Å². The van der Waals surface area contributed by atoms with Crippen molar-refractivity contribution >= 4 is 40.8 Å². The molecule has 0 aliphatic rings. The molecule has 0 saturated carbocycles. The van der Waals surface area contributed by atoms with E-state index in [0.717, 1.165) is 0 Å². The fourth-order valence-electron chi connectivity index (χ4n) is 1.50. The van der Waals surface area contributed by atoms with Crippen molar-refractivity contribution in [3.8, 4) is 5.69 Å². The Balaban J connectivity index is 2.44. The highest BCUT2D eigenvalue weighted by molar-refractivity contribution is 6.36. The second-order valence-electron chi connectivity index (χ2n) is 3.58. The van der Waals surface area contributed by atoms with Crippen LogP contribution in [0.4, 0.5) is 0 Å². The number of halogens is 3. The third-order valence-corrected chi connectivity index (χ3v) is 3.25. The highest BCUT2D eigenvalue weighted by Crippen LogP contribution is 2.28. The lowest BCUT2D eigenvalue weighted by atomic mass is 10.3. The summed E-state index contributed by atoms with van der Waals surface area (Å²) < 4.78 is 6.23. The Kier molecular flexibility index (Phi) is 4.34. The minimum atomic E-state index is -0.524. The molecule has 4 nitrogen and oxygen atoms in total. The summed E-state index contributed by atoms with van der Waals surface area (Å²) >= 11 is 18.0. The molecule has 1 aromatic carbocycles. The normalized spacial score (nSPS) is 10.5. The summed E-state index contributed by atoms with van der Waals surface area (Å²) in [5, 5.41) is 5.06. The number of ether oxygens (including phenoxy) is 1. The van der Waals surface area contributed by atoms with Gasteiger partial charge in [-0.2, -0.15) is 5.10 Å². The maximum Gasteiger partial charge on any atom is 0.342 e. The SMILES string of the molecule is CCOC(=O)c1cnn(-c2ccc(Cl)cc2Cl)c1Cl. The Bertz CT molecular complexity index is 625. The number of carbonyl (C=O) groups is 1. The zero-order valence-corrected chi connectivity index (χ0v) is 12.1. The van der Waals surface area contributed by atoms with Gasteiger partial charge in [0.2, 0.25) is 0 Å². The number of nitrogens with zero attached hydrogens (tertiary/aromatic N) is 2. The molecule has 1 aromatic heterocycles. The molecule has 0 spiro atoms. The molecule has 2 aromatic rings. The second kappa shape index (κ2) is 5.82. The summed E-state index contributed by atoms with van der Waals surface area (Å²) in [5.74, 6) is -0.524. The van der Waals surface area contributed by atoms with E-state index >= 15 is 0 Å². The van der Waals surface area contributed by atoms with Crippen LogP contribution in [0.1, 0.15) is 17.3 Å². The minimum Gasteiger partial charge on any atom is -0.462 e. The number of aromatic nitrogens is 2. The molecule has 100 valence electrons. The van der Waals surface area contributed by atoms with Crippen molar-refractivity contribution in [1.82, 2.24) is 9.78 Å². The number of hydrogen-bond acceptors (Lipinski definition) is 3. The maximum atomic E-state index is 11.6. The molecular formula is C12H9Cl3N2O2. The van der Waals surface area contributed by atoms with Crippen molar-refractivity contribution in [2.75, 3.05) is 6.61 Å². The summed E-state index contributed by atoms with van der Waals surface area (Å²) in [4.78, 5) is 11.6. The Morgan fingerprint density at radius 3 is 2.74 bits per heavy atom. The van der Waals surface area contributed by atoms with E-state index < -0.39 is 5.97 Å². The first-order chi connectivity index (χ1) is 9.04. The Labute approximate surface area is 124 Å². The molecule has 19 heavy (non-hydrogen) atoms. The van der Waals surface area contributed by atoms with Gasteiger partial charge in [-0.25, -0.2) is 9.48 Å². The standard InChI is InChI=1S/C12H9Cl3N2O2/c1-2-19-12(18)8-6-16-17(11(8)15)10-4-3-7(13)5-9(10)14/h3-6H,2H2,1H3. The predicted molar refractivity (Wildman–Crippen MR) is 74.6 cm³/mol. The number of hydrogen-bond donors (Lipinski definition) is 0. The lowest BCUT2D eigenvalue weighted by molar-refractivity contribution is 0.0526. The first-order valence-corrected chi connectivity index (χ1v) is 6.54. The predicted octanol–water partition coefficient (Wildman–Crippen LogP) is 4.01. The maximum absolute atomic E-state index is 11.6. The molecule has 1 heterocycles. The molecule has 0 aliphatic heterocycles. The van der Waals surface area contributed by atoms with Gasteiger partial charge in [-0.3, -0.25) is 0 Å². The van der Waals surface area contributed by atoms with Gasteiger partial charge in [0.05, 0.1) is 23.5 Å². The number of esters is 1. The van der Waals surface area contributed by atoms with Crippen LogP contribution >= 0.6 is 34.8 Å². The number of rotatable bonds is 3.